The maximum Gasteiger partial charge on any atom is 0.268 e. The Balaban J connectivity index is 1.69. The van der Waals surface area contributed by atoms with Crippen LogP contribution >= 0.6 is 11.3 Å². The minimum atomic E-state index is 0.458. The van der Waals surface area contributed by atoms with Gasteiger partial charge in [0.05, 0.1) is 9.88 Å². The number of rotatable bonds is 3. The summed E-state index contributed by atoms with van der Waals surface area (Å²) >= 11 is 1.49. The van der Waals surface area contributed by atoms with Gasteiger partial charge in [0, 0.05) is 5.92 Å². The van der Waals surface area contributed by atoms with E-state index in [4.69, 9.17) is 10.3 Å². The summed E-state index contributed by atoms with van der Waals surface area (Å²) in [5.41, 5.74) is 5.74. The van der Waals surface area contributed by atoms with Crippen molar-refractivity contribution >= 4 is 16.3 Å². The Morgan fingerprint density at radius 3 is 2.60 bits per heavy atom. The summed E-state index contributed by atoms with van der Waals surface area (Å²) in [5, 5.41) is 4.95. The van der Waals surface area contributed by atoms with Crippen molar-refractivity contribution < 1.29 is 4.52 Å². The third-order valence-corrected chi connectivity index (χ3v) is 5.26. The zero-order valence-corrected chi connectivity index (χ0v) is 12.8. The molecule has 0 radical (unpaired) electrons. The van der Waals surface area contributed by atoms with Gasteiger partial charge in [-0.15, -0.1) is 11.3 Å². The maximum absolute atomic E-state index is 5.74. The Morgan fingerprint density at radius 1 is 1.25 bits per heavy atom. The molecule has 1 saturated carbocycles. The molecule has 1 aliphatic rings. The average Bonchev–Trinajstić information content (AvgIpc) is 3.07. The van der Waals surface area contributed by atoms with Crippen molar-refractivity contribution in [2.75, 3.05) is 5.73 Å². The Hall–Kier alpha value is -1.36. The normalized spacial score (nSPS) is 23.4. The van der Waals surface area contributed by atoms with E-state index >= 15 is 0 Å². The quantitative estimate of drug-likeness (QED) is 0.915. The van der Waals surface area contributed by atoms with Crippen LogP contribution < -0.4 is 5.73 Å². The smallest absolute Gasteiger partial charge is 0.268 e. The largest absolute Gasteiger partial charge is 0.391 e. The number of aromatic nitrogens is 2. The molecule has 2 heterocycles. The van der Waals surface area contributed by atoms with E-state index in [0.29, 0.717) is 11.8 Å². The van der Waals surface area contributed by atoms with Gasteiger partial charge in [0.25, 0.3) is 5.89 Å². The SMILES string of the molecule is CC(C)C1CCC(c2noc(-c3ccc(N)s3)n2)CC1. The van der Waals surface area contributed by atoms with Crippen molar-refractivity contribution in [1.29, 1.82) is 0 Å². The first-order valence-corrected chi connectivity index (χ1v) is 8.14. The number of nitrogens with zero attached hydrogens (tertiary/aromatic N) is 2. The monoisotopic (exact) mass is 291 g/mol. The lowest BCUT2D eigenvalue weighted by molar-refractivity contribution is 0.252. The van der Waals surface area contributed by atoms with Gasteiger partial charge in [-0.05, 0) is 49.7 Å². The van der Waals surface area contributed by atoms with Crippen LogP contribution in [0.5, 0.6) is 0 Å². The summed E-state index contributed by atoms with van der Waals surface area (Å²) in [7, 11) is 0. The van der Waals surface area contributed by atoms with Gasteiger partial charge in [0.15, 0.2) is 5.82 Å². The van der Waals surface area contributed by atoms with Crippen LogP contribution in [-0.4, -0.2) is 10.1 Å². The number of nitrogen functional groups attached to an aromatic ring is 1. The van der Waals surface area contributed by atoms with Crippen LogP contribution in [0, 0.1) is 11.8 Å². The lowest BCUT2D eigenvalue weighted by Crippen LogP contribution is -2.18. The molecule has 5 heteroatoms. The standard InChI is InChI=1S/C15H21N3OS/c1-9(2)10-3-5-11(6-4-10)14-17-15(19-18-14)12-7-8-13(16)20-12/h7-11H,3-6,16H2,1-2H3. The van der Waals surface area contributed by atoms with Gasteiger partial charge in [-0.3, -0.25) is 0 Å². The molecule has 0 aliphatic heterocycles. The van der Waals surface area contributed by atoms with Crippen LogP contribution in [0.1, 0.15) is 51.3 Å². The second-order valence-electron chi connectivity index (χ2n) is 6.02. The molecule has 20 heavy (non-hydrogen) atoms. The molecular formula is C15H21N3OS. The number of anilines is 1. The zero-order chi connectivity index (χ0) is 14.1. The molecule has 2 N–H and O–H groups in total. The van der Waals surface area contributed by atoms with Crippen LogP contribution in [0.25, 0.3) is 10.8 Å². The Labute approximate surface area is 123 Å². The average molecular weight is 291 g/mol. The van der Waals surface area contributed by atoms with E-state index in [1.807, 2.05) is 12.1 Å². The van der Waals surface area contributed by atoms with E-state index in [2.05, 4.69) is 24.0 Å². The molecule has 1 fully saturated rings. The predicted octanol–water partition coefficient (Wildman–Crippen LogP) is 4.31. The number of hydrogen-bond donors (Lipinski definition) is 1. The van der Waals surface area contributed by atoms with Crippen molar-refractivity contribution in [2.45, 2.75) is 45.4 Å². The fraction of sp³-hybridized carbons (Fsp3) is 0.600. The van der Waals surface area contributed by atoms with E-state index in [9.17, 15) is 0 Å². The fourth-order valence-corrected chi connectivity index (χ4v) is 3.71. The number of nitrogens with two attached hydrogens (primary N) is 1. The first kappa shape index (κ1) is 13.6. The minimum Gasteiger partial charge on any atom is -0.391 e. The minimum absolute atomic E-state index is 0.458. The highest BCUT2D eigenvalue weighted by Gasteiger charge is 2.27. The van der Waals surface area contributed by atoms with E-state index in [1.54, 1.807) is 0 Å². The van der Waals surface area contributed by atoms with E-state index < -0.39 is 0 Å². The number of thiophene rings is 1. The summed E-state index contributed by atoms with van der Waals surface area (Å²) in [5.74, 6) is 3.57. The molecule has 3 rings (SSSR count). The summed E-state index contributed by atoms with van der Waals surface area (Å²) in [6.45, 7) is 4.64. The van der Waals surface area contributed by atoms with Gasteiger partial charge < -0.3 is 10.3 Å². The highest BCUT2D eigenvalue weighted by molar-refractivity contribution is 7.19. The van der Waals surface area contributed by atoms with Gasteiger partial charge in [0.1, 0.15) is 0 Å². The molecule has 108 valence electrons. The summed E-state index contributed by atoms with van der Waals surface area (Å²) < 4.78 is 5.39. The van der Waals surface area contributed by atoms with E-state index in [-0.39, 0.29) is 0 Å². The summed E-state index contributed by atoms with van der Waals surface area (Å²) in [6.07, 6.45) is 4.90. The second-order valence-corrected chi connectivity index (χ2v) is 7.13. The molecule has 0 bridgehead atoms. The van der Waals surface area contributed by atoms with Gasteiger partial charge in [-0.2, -0.15) is 4.98 Å². The van der Waals surface area contributed by atoms with Crippen molar-refractivity contribution in [3.8, 4) is 10.8 Å². The zero-order valence-electron chi connectivity index (χ0n) is 12.0. The summed E-state index contributed by atoms with van der Waals surface area (Å²) in [6, 6.07) is 3.81. The van der Waals surface area contributed by atoms with E-state index in [1.165, 1.54) is 37.0 Å². The molecule has 1 aliphatic carbocycles. The molecule has 0 spiro atoms. The highest BCUT2D eigenvalue weighted by atomic mass is 32.1. The van der Waals surface area contributed by atoms with Crippen molar-refractivity contribution in [3.05, 3.63) is 18.0 Å². The summed E-state index contributed by atoms with van der Waals surface area (Å²) in [4.78, 5) is 5.52. The van der Waals surface area contributed by atoms with Gasteiger partial charge >= 0.3 is 0 Å². The second kappa shape index (κ2) is 5.56. The third kappa shape index (κ3) is 2.73. The first-order chi connectivity index (χ1) is 9.63. The van der Waals surface area contributed by atoms with Crippen LogP contribution in [0.3, 0.4) is 0 Å². The molecule has 0 aromatic carbocycles. The van der Waals surface area contributed by atoms with Crippen LogP contribution in [0.15, 0.2) is 16.7 Å². The fourth-order valence-electron chi connectivity index (χ4n) is 3.01. The van der Waals surface area contributed by atoms with Crippen LogP contribution in [-0.2, 0) is 0 Å². The molecular weight excluding hydrogens is 270 g/mol. The van der Waals surface area contributed by atoms with Crippen LogP contribution in [0.4, 0.5) is 5.00 Å². The van der Waals surface area contributed by atoms with Crippen molar-refractivity contribution in [2.24, 2.45) is 11.8 Å². The Morgan fingerprint density at radius 2 is 2.00 bits per heavy atom. The van der Waals surface area contributed by atoms with Gasteiger partial charge in [0.2, 0.25) is 0 Å². The van der Waals surface area contributed by atoms with E-state index in [0.717, 1.165) is 27.5 Å². The molecule has 2 aromatic heterocycles. The molecule has 0 amide bonds. The van der Waals surface area contributed by atoms with Gasteiger partial charge in [-0.25, -0.2) is 0 Å². The topological polar surface area (TPSA) is 64.9 Å². The molecule has 0 unspecified atom stereocenters. The molecule has 2 aromatic rings. The molecule has 0 saturated heterocycles. The van der Waals surface area contributed by atoms with Crippen LogP contribution in [0.2, 0.25) is 0 Å². The Kier molecular flexibility index (Phi) is 3.78. The first-order valence-electron chi connectivity index (χ1n) is 7.32. The molecule has 0 atom stereocenters. The maximum atomic E-state index is 5.74. The van der Waals surface area contributed by atoms with Gasteiger partial charge in [-0.1, -0.05) is 19.0 Å². The molecule has 4 nitrogen and oxygen atoms in total. The lowest BCUT2D eigenvalue weighted by atomic mass is 9.77. The van der Waals surface area contributed by atoms with Crippen molar-refractivity contribution in [3.63, 3.8) is 0 Å². The highest BCUT2D eigenvalue weighted by Crippen LogP contribution is 2.38. The number of hydrogen-bond acceptors (Lipinski definition) is 5. The lowest BCUT2D eigenvalue weighted by Gasteiger charge is -2.29. The third-order valence-electron chi connectivity index (χ3n) is 4.36. The van der Waals surface area contributed by atoms with Crippen molar-refractivity contribution in [1.82, 2.24) is 10.1 Å². The predicted molar refractivity (Wildman–Crippen MR) is 81.6 cm³/mol. The Bertz CT molecular complexity index is 567.